The van der Waals surface area contributed by atoms with Crippen molar-refractivity contribution in [2.24, 2.45) is 0 Å². The van der Waals surface area contributed by atoms with Crippen molar-refractivity contribution in [2.45, 2.75) is 25.4 Å². The molecule has 1 atom stereocenters. The number of aliphatic hydroxyl groups is 1. The number of amides is 1. The molecule has 1 aliphatic rings. The van der Waals surface area contributed by atoms with E-state index in [1.165, 1.54) is 0 Å². The van der Waals surface area contributed by atoms with Gasteiger partial charge in [0.05, 0.1) is 25.4 Å². The van der Waals surface area contributed by atoms with Crippen LogP contribution >= 0.6 is 0 Å². The second-order valence-corrected chi connectivity index (χ2v) is 6.27. The van der Waals surface area contributed by atoms with Crippen LogP contribution in [0.1, 0.15) is 18.4 Å². The maximum absolute atomic E-state index is 12.1. The minimum atomic E-state index is -0.145. The first-order chi connectivity index (χ1) is 12.5. The Morgan fingerprint density at radius 1 is 1.23 bits per heavy atom. The summed E-state index contributed by atoms with van der Waals surface area (Å²) < 4.78 is 5.43. The molecule has 1 unspecified atom stereocenters. The number of ether oxygens (including phenoxy) is 1. The normalized spacial score (nSPS) is 16.8. The smallest absolute Gasteiger partial charge is 0.223 e. The van der Waals surface area contributed by atoms with Gasteiger partial charge in [0.25, 0.3) is 0 Å². The lowest BCUT2D eigenvalue weighted by Crippen LogP contribution is -2.34. The SMILES string of the molecule is COc1ccc(CN2C(=O)CCC2CO)cc1-c1cccc(N(O)O)c1. The van der Waals surface area contributed by atoms with Gasteiger partial charge in [0.2, 0.25) is 5.91 Å². The number of rotatable bonds is 6. The van der Waals surface area contributed by atoms with Gasteiger partial charge in [0.1, 0.15) is 5.75 Å². The lowest BCUT2D eigenvalue weighted by atomic mass is 10.0. The van der Waals surface area contributed by atoms with E-state index in [1.807, 2.05) is 24.3 Å². The summed E-state index contributed by atoms with van der Waals surface area (Å²) >= 11 is 0. The Hall–Kier alpha value is -2.61. The second-order valence-electron chi connectivity index (χ2n) is 6.27. The minimum absolute atomic E-state index is 0.0413. The summed E-state index contributed by atoms with van der Waals surface area (Å²) in [5, 5.41) is 28.0. The summed E-state index contributed by atoms with van der Waals surface area (Å²) in [5.74, 6) is 0.680. The predicted octanol–water partition coefficient (Wildman–Crippen LogP) is 2.43. The number of hydrogen-bond donors (Lipinski definition) is 3. The van der Waals surface area contributed by atoms with E-state index in [-0.39, 0.29) is 29.5 Å². The number of anilines is 1. The number of carbonyl (C=O) groups is 1. The molecule has 1 heterocycles. The zero-order chi connectivity index (χ0) is 18.7. The van der Waals surface area contributed by atoms with Gasteiger partial charge in [-0.15, -0.1) is 5.23 Å². The van der Waals surface area contributed by atoms with Gasteiger partial charge in [-0.2, -0.15) is 0 Å². The van der Waals surface area contributed by atoms with Crippen molar-refractivity contribution in [3.05, 3.63) is 48.0 Å². The van der Waals surface area contributed by atoms with Crippen molar-refractivity contribution in [1.82, 2.24) is 4.90 Å². The third kappa shape index (κ3) is 3.65. The van der Waals surface area contributed by atoms with E-state index in [0.717, 1.165) is 16.7 Å². The van der Waals surface area contributed by atoms with Crippen LogP contribution in [0.5, 0.6) is 5.75 Å². The second kappa shape index (κ2) is 7.74. The van der Waals surface area contributed by atoms with Crippen LogP contribution in [0.4, 0.5) is 5.69 Å². The number of methoxy groups -OCH3 is 1. The van der Waals surface area contributed by atoms with Gasteiger partial charge >= 0.3 is 0 Å². The van der Waals surface area contributed by atoms with Gasteiger partial charge < -0.3 is 14.7 Å². The number of nitrogens with zero attached hydrogens (tertiary/aromatic N) is 2. The molecule has 138 valence electrons. The van der Waals surface area contributed by atoms with Crippen LogP contribution in [0, 0.1) is 0 Å². The van der Waals surface area contributed by atoms with E-state index in [1.54, 1.807) is 30.2 Å². The Kier molecular flexibility index (Phi) is 5.41. The molecule has 3 N–H and O–H groups in total. The molecular weight excluding hydrogens is 336 g/mol. The zero-order valence-electron chi connectivity index (χ0n) is 14.5. The molecule has 3 rings (SSSR count). The molecule has 7 nitrogen and oxygen atoms in total. The molecule has 0 spiro atoms. The van der Waals surface area contributed by atoms with Crippen molar-refractivity contribution < 1.29 is 25.1 Å². The predicted molar refractivity (Wildman–Crippen MR) is 95.1 cm³/mol. The average Bonchev–Trinajstić information content (AvgIpc) is 3.01. The lowest BCUT2D eigenvalue weighted by Gasteiger charge is -2.24. The van der Waals surface area contributed by atoms with Gasteiger partial charge in [0, 0.05) is 18.5 Å². The first-order valence-electron chi connectivity index (χ1n) is 8.39. The Bertz CT molecular complexity index is 793. The average molecular weight is 358 g/mol. The van der Waals surface area contributed by atoms with E-state index >= 15 is 0 Å². The number of benzene rings is 2. The summed E-state index contributed by atoms with van der Waals surface area (Å²) in [4.78, 5) is 13.8. The third-order valence-electron chi connectivity index (χ3n) is 4.67. The molecule has 0 radical (unpaired) electrons. The maximum Gasteiger partial charge on any atom is 0.223 e. The molecule has 2 aromatic rings. The summed E-state index contributed by atoms with van der Waals surface area (Å²) in [7, 11) is 1.57. The maximum atomic E-state index is 12.1. The number of likely N-dealkylation sites (tertiary alicyclic amines) is 1. The van der Waals surface area contributed by atoms with Crippen LogP contribution < -0.4 is 9.96 Å². The third-order valence-corrected chi connectivity index (χ3v) is 4.67. The highest BCUT2D eigenvalue weighted by Crippen LogP contribution is 2.33. The molecule has 26 heavy (non-hydrogen) atoms. The van der Waals surface area contributed by atoms with Gasteiger partial charge in [-0.05, 0) is 41.8 Å². The van der Waals surface area contributed by atoms with Crippen LogP contribution in [0.2, 0.25) is 0 Å². The fraction of sp³-hybridized carbons (Fsp3) is 0.316. The minimum Gasteiger partial charge on any atom is -0.496 e. The van der Waals surface area contributed by atoms with Crippen LogP contribution in [-0.2, 0) is 11.3 Å². The Balaban J connectivity index is 1.94. The van der Waals surface area contributed by atoms with Crippen LogP contribution in [0.25, 0.3) is 11.1 Å². The summed E-state index contributed by atoms with van der Waals surface area (Å²) in [6, 6.07) is 12.2. The highest BCUT2D eigenvalue weighted by Gasteiger charge is 2.30. The van der Waals surface area contributed by atoms with Gasteiger partial charge in [-0.1, -0.05) is 18.2 Å². The molecule has 0 saturated carbocycles. The van der Waals surface area contributed by atoms with E-state index in [4.69, 9.17) is 4.74 Å². The quantitative estimate of drug-likeness (QED) is 0.687. The highest BCUT2D eigenvalue weighted by atomic mass is 16.8. The van der Waals surface area contributed by atoms with Crippen molar-refractivity contribution in [3.63, 3.8) is 0 Å². The van der Waals surface area contributed by atoms with E-state index in [9.17, 15) is 20.3 Å². The lowest BCUT2D eigenvalue weighted by molar-refractivity contribution is -0.130. The molecule has 0 bridgehead atoms. The largest absolute Gasteiger partial charge is 0.496 e. The molecule has 0 aliphatic carbocycles. The Labute approximate surface area is 151 Å². The fourth-order valence-electron chi connectivity index (χ4n) is 3.27. The fourth-order valence-corrected chi connectivity index (χ4v) is 3.27. The van der Waals surface area contributed by atoms with E-state index in [2.05, 4.69) is 0 Å². The number of aliphatic hydroxyl groups excluding tert-OH is 1. The first kappa shape index (κ1) is 18.2. The summed E-state index contributed by atoms with van der Waals surface area (Å²) in [6.45, 7) is 0.368. The van der Waals surface area contributed by atoms with Gasteiger partial charge in [-0.3, -0.25) is 15.2 Å². The first-order valence-corrected chi connectivity index (χ1v) is 8.39. The molecule has 1 saturated heterocycles. The van der Waals surface area contributed by atoms with Crippen molar-refractivity contribution >= 4 is 11.6 Å². The zero-order valence-corrected chi connectivity index (χ0v) is 14.5. The standard InChI is InChI=1S/C19H22N2O5/c1-26-18-7-5-13(11-20-16(12-22)6-8-19(20)23)9-17(18)14-3-2-4-15(10-14)21(24)25/h2-5,7,9-10,16,22,24-25H,6,8,11-12H2,1H3. The monoisotopic (exact) mass is 358 g/mol. The van der Waals surface area contributed by atoms with E-state index in [0.29, 0.717) is 25.1 Å². The van der Waals surface area contributed by atoms with Crippen molar-refractivity contribution in [1.29, 1.82) is 0 Å². The highest BCUT2D eigenvalue weighted by molar-refractivity contribution is 5.79. The Morgan fingerprint density at radius 2 is 2.04 bits per heavy atom. The summed E-state index contributed by atoms with van der Waals surface area (Å²) in [5.41, 5.74) is 2.66. The van der Waals surface area contributed by atoms with E-state index < -0.39 is 0 Å². The number of hydrogen-bond acceptors (Lipinski definition) is 6. The molecule has 2 aromatic carbocycles. The van der Waals surface area contributed by atoms with Gasteiger partial charge in [0.15, 0.2) is 0 Å². The molecule has 1 fully saturated rings. The molecule has 0 aromatic heterocycles. The van der Waals surface area contributed by atoms with Crippen LogP contribution in [0.3, 0.4) is 0 Å². The molecular formula is C19H22N2O5. The van der Waals surface area contributed by atoms with Crippen molar-refractivity contribution in [2.75, 3.05) is 18.9 Å². The Morgan fingerprint density at radius 3 is 2.73 bits per heavy atom. The van der Waals surface area contributed by atoms with Crippen molar-refractivity contribution in [3.8, 4) is 16.9 Å². The molecule has 7 heteroatoms. The summed E-state index contributed by atoms with van der Waals surface area (Å²) in [6.07, 6.45) is 1.13. The molecule has 1 aliphatic heterocycles. The number of carbonyl (C=O) groups excluding carboxylic acids is 1. The van der Waals surface area contributed by atoms with Crippen LogP contribution in [-0.4, -0.2) is 46.1 Å². The van der Waals surface area contributed by atoms with Crippen LogP contribution in [0.15, 0.2) is 42.5 Å². The topological polar surface area (TPSA) is 93.5 Å². The molecule has 1 amide bonds. The van der Waals surface area contributed by atoms with Gasteiger partial charge in [-0.25, -0.2) is 0 Å².